The first-order valence-electron chi connectivity index (χ1n) is 8.91. The van der Waals surface area contributed by atoms with Gasteiger partial charge >= 0.3 is 0 Å². The molecule has 132 valence electrons. The summed E-state index contributed by atoms with van der Waals surface area (Å²) in [4.78, 5) is 3.93. The van der Waals surface area contributed by atoms with Crippen LogP contribution in [0.2, 0.25) is 0 Å². The maximum Gasteiger partial charge on any atom is 0.126 e. The Hall–Kier alpha value is -1.84. The molecule has 1 aliphatic rings. The van der Waals surface area contributed by atoms with Crippen LogP contribution in [0.1, 0.15) is 16.7 Å². The molecule has 4 rings (SSSR count). The molecule has 0 aliphatic carbocycles. The molecule has 26 heavy (non-hydrogen) atoms. The van der Waals surface area contributed by atoms with Crippen molar-refractivity contribution in [2.24, 2.45) is 0 Å². The highest BCUT2D eigenvalue weighted by Gasteiger charge is 2.27. The molecule has 0 N–H and O–H groups in total. The van der Waals surface area contributed by atoms with Crippen LogP contribution in [0.3, 0.4) is 0 Å². The fourth-order valence-corrected chi connectivity index (χ4v) is 5.27. The second-order valence-electron chi connectivity index (χ2n) is 6.61. The summed E-state index contributed by atoms with van der Waals surface area (Å²) in [7, 11) is 0. The van der Waals surface area contributed by atoms with Crippen LogP contribution in [-0.4, -0.2) is 11.9 Å². The van der Waals surface area contributed by atoms with Gasteiger partial charge in [0.05, 0.1) is 0 Å². The summed E-state index contributed by atoms with van der Waals surface area (Å²) in [6.45, 7) is 4.40. The molecule has 1 atom stereocenters. The lowest BCUT2D eigenvalue weighted by Gasteiger charge is -2.13. The highest BCUT2D eigenvalue weighted by Crippen LogP contribution is 2.42. The molecule has 3 aromatic carbocycles. The Morgan fingerprint density at radius 3 is 2.27 bits per heavy atom. The Morgan fingerprint density at radius 2 is 1.58 bits per heavy atom. The van der Waals surface area contributed by atoms with Crippen molar-refractivity contribution in [1.82, 2.24) is 0 Å². The van der Waals surface area contributed by atoms with Gasteiger partial charge in [-0.25, -0.2) is 0 Å². The SMILES string of the molecule is Cc1cc(Sc2ccccc2)c(C)c2c1OC(CSc1ccccc1)C2. The van der Waals surface area contributed by atoms with Crippen molar-refractivity contribution in [3.8, 4) is 5.75 Å². The van der Waals surface area contributed by atoms with Crippen LogP contribution in [0, 0.1) is 13.8 Å². The monoisotopic (exact) mass is 378 g/mol. The summed E-state index contributed by atoms with van der Waals surface area (Å²) in [5.41, 5.74) is 4.00. The van der Waals surface area contributed by atoms with Crippen molar-refractivity contribution in [3.63, 3.8) is 0 Å². The van der Waals surface area contributed by atoms with Crippen molar-refractivity contribution in [3.05, 3.63) is 83.4 Å². The van der Waals surface area contributed by atoms with E-state index in [1.807, 2.05) is 23.5 Å². The minimum Gasteiger partial charge on any atom is -0.489 e. The molecular formula is C23H22OS2. The summed E-state index contributed by atoms with van der Waals surface area (Å²) in [5.74, 6) is 2.09. The highest BCUT2D eigenvalue weighted by molar-refractivity contribution is 7.99. The van der Waals surface area contributed by atoms with Crippen LogP contribution in [0.5, 0.6) is 5.75 Å². The predicted molar refractivity (Wildman–Crippen MR) is 112 cm³/mol. The first kappa shape index (κ1) is 17.6. The largest absolute Gasteiger partial charge is 0.489 e. The Kier molecular flexibility index (Phi) is 5.28. The van der Waals surface area contributed by atoms with Gasteiger partial charge in [-0.2, -0.15) is 0 Å². The van der Waals surface area contributed by atoms with E-state index in [1.165, 1.54) is 31.4 Å². The molecule has 1 heterocycles. The maximum atomic E-state index is 6.32. The fourth-order valence-electron chi connectivity index (χ4n) is 3.29. The van der Waals surface area contributed by atoms with Gasteiger partial charge in [-0.15, -0.1) is 11.8 Å². The number of thioether (sulfide) groups is 1. The summed E-state index contributed by atoms with van der Waals surface area (Å²) in [6.07, 6.45) is 1.26. The molecule has 3 heteroatoms. The second kappa shape index (κ2) is 7.81. The first-order chi connectivity index (χ1) is 12.7. The molecule has 1 aliphatic heterocycles. The van der Waals surface area contributed by atoms with Gasteiger partial charge in [-0.05, 0) is 55.3 Å². The molecule has 1 nitrogen and oxygen atoms in total. The van der Waals surface area contributed by atoms with Gasteiger partial charge in [0.15, 0.2) is 0 Å². The summed E-state index contributed by atoms with van der Waals surface area (Å²) >= 11 is 3.72. The quantitative estimate of drug-likeness (QED) is 0.466. The Labute approximate surface area is 164 Å². The molecule has 0 saturated carbocycles. The van der Waals surface area contributed by atoms with Crippen LogP contribution in [-0.2, 0) is 6.42 Å². The molecule has 0 bridgehead atoms. The number of ether oxygens (including phenoxy) is 1. The smallest absolute Gasteiger partial charge is 0.126 e. The normalized spacial score (nSPS) is 15.5. The Bertz CT molecular complexity index is 891. The summed E-state index contributed by atoms with van der Waals surface area (Å²) in [5, 5.41) is 0. The first-order valence-corrected chi connectivity index (χ1v) is 10.7. The fraction of sp³-hybridized carbons (Fsp3) is 0.217. The molecule has 3 aromatic rings. The molecule has 0 fully saturated rings. The van der Waals surface area contributed by atoms with Crippen LogP contribution >= 0.6 is 23.5 Å². The molecule has 0 radical (unpaired) electrons. The third-order valence-electron chi connectivity index (χ3n) is 4.67. The van der Waals surface area contributed by atoms with Crippen LogP contribution < -0.4 is 4.74 Å². The number of aryl methyl sites for hydroxylation is 1. The zero-order chi connectivity index (χ0) is 17.9. The lowest BCUT2D eigenvalue weighted by atomic mass is 10.0. The number of benzene rings is 3. The number of hydrogen-bond acceptors (Lipinski definition) is 3. The van der Waals surface area contributed by atoms with Gasteiger partial charge in [0.25, 0.3) is 0 Å². The van der Waals surface area contributed by atoms with E-state index in [1.54, 1.807) is 0 Å². The van der Waals surface area contributed by atoms with Gasteiger partial charge in [-0.1, -0.05) is 48.2 Å². The van der Waals surface area contributed by atoms with E-state index in [9.17, 15) is 0 Å². The van der Waals surface area contributed by atoms with Crippen molar-refractivity contribution in [2.45, 2.75) is 41.1 Å². The van der Waals surface area contributed by atoms with Gasteiger partial charge in [0.2, 0.25) is 0 Å². The number of hydrogen-bond donors (Lipinski definition) is 0. The standard InChI is InChI=1S/C23H22OS2/c1-16-13-22(26-20-11-7-4-8-12-20)17(2)21-14-18(24-23(16)21)15-25-19-9-5-3-6-10-19/h3-13,18H,14-15H2,1-2H3. The number of rotatable bonds is 5. The van der Waals surface area contributed by atoms with E-state index in [2.05, 4.69) is 80.6 Å². The topological polar surface area (TPSA) is 9.23 Å². The Balaban J connectivity index is 1.50. The van der Waals surface area contributed by atoms with E-state index in [0.29, 0.717) is 0 Å². The molecule has 0 spiro atoms. The van der Waals surface area contributed by atoms with Gasteiger partial charge in [0.1, 0.15) is 11.9 Å². The second-order valence-corrected chi connectivity index (χ2v) is 8.82. The van der Waals surface area contributed by atoms with Crippen molar-refractivity contribution in [2.75, 3.05) is 5.75 Å². The third kappa shape index (κ3) is 3.79. The van der Waals surface area contributed by atoms with Crippen molar-refractivity contribution in [1.29, 1.82) is 0 Å². The lowest BCUT2D eigenvalue weighted by Crippen LogP contribution is -2.16. The molecule has 0 saturated heterocycles. The third-order valence-corrected chi connectivity index (χ3v) is 6.96. The Morgan fingerprint density at radius 1 is 0.923 bits per heavy atom. The van der Waals surface area contributed by atoms with Gasteiger partial charge in [-0.3, -0.25) is 0 Å². The summed E-state index contributed by atoms with van der Waals surface area (Å²) < 4.78 is 6.32. The van der Waals surface area contributed by atoms with E-state index < -0.39 is 0 Å². The van der Waals surface area contributed by atoms with Crippen molar-refractivity contribution < 1.29 is 4.74 Å². The molecule has 0 amide bonds. The summed E-state index contributed by atoms with van der Waals surface area (Å²) in [6, 6.07) is 23.4. The van der Waals surface area contributed by atoms with Gasteiger partial charge in [0, 0.05) is 32.4 Å². The minimum atomic E-state index is 0.254. The number of fused-ring (bicyclic) bond motifs is 1. The molecule has 1 unspecified atom stereocenters. The van der Waals surface area contributed by atoms with Crippen molar-refractivity contribution >= 4 is 23.5 Å². The molecular weight excluding hydrogens is 356 g/mol. The van der Waals surface area contributed by atoms with Crippen LogP contribution in [0.4, 0.5) is 0 Å². The van der Waals surface area contributed by atoms with E-state index in [4.69, 9.17) is 4.74 Å². The van der Waals surface area contributed by atoms with E-state index in [0.717, 1.165) is 17.9 Å². The zero-order valence-corrected chi connectivity index (χ0v) is 16.7. The van der Waals surface area contributed by atoms with E-state index in [-0.39, 0.29) is 6.10 Å². The van der Waals surface area contributed by atoms with Crippen LogP contribution in [0.25, 0.3) is 0 Å². The lowest BCUT2D eigenvalue weighted by molar-refractivity contribution is 0.258. The van der Waals surface area contributed by atoms with Crippen LogP contribution in [0.15, 0.2) is 81.4 Å². The van der Waals surface area contributed by atoms with E-state index >= 15 is 0 Å². The molecule has 0 aromatic heterocycles. The predicted octanol–water partition coefficient (Wildman–Crippen LogP) is 6.55. The average Bonchev–Trinajstić information content (AvgIpc) is 3.11. The average molecular weight is 379 g/mol. The van der Waals surface area contributed by atoms with Gasteiger partial charge < -0.3 is 4.74 Å². The zero-order valence-electron chi connectivity index (χ0n) is 15.1. The minimum absolute atomic E-state index is 0.254. The highest BCUT2D eigenvalue weighted by atomic mass is 32.2. The maximum absolute atomic E-state index is 6.32.